The number of fused-ring (bicyclic) bond motifs is 2. The van der Waals surface area contributed by atoms with Crippen molar-refractivity contribution in [1.82, 2.24) is 35.0 Å². The van der Waals surface area contributed by atoms with E-state index in [4.69, 9.17) is 26.1 Å². The van der Waals surface area contributed by atoms with Crippen LogP contribution in [0.15, 0.2) is 47.4 Å². The molecule has 19 heteroatoms. The number of hydrogen-bond acceptors (Lipinski definition) is 14. The SMILES string of the molecule is CCc1c(N2CCN([C@H]3C[C@H](OC4CCN(c5ncc(Cl)c(Nc6ccc7c(c6)cc(OCC(=O)NC)c(=O)n7C(C)C)n5)CC4)C3)CC2)ccc2c1C(=O)N(C1CCC(=O)NC1=O)C2=O. The highest BCUT2D eigenvalue weighted by atomic mass is 35.5. The van der Waals surface area contributed by atoms with E-state index in [0.29, 0.717) is 46.1 Å². The van der Waals surface area contributed by atoms with Crippen LogP contribution in [-0.2, 0) is 25.5 Å². The molecule has 4 fully saturated rings. The standard InChI is InChI=1S/C47H55ClN10O8/c1-5-32-36(9-7-33-41(32)46(64)58(44(33)62)37-10-11-39(59)52-43(37)61)55-18-16-54(17-19-55)29-22-31(23-29)66-30-12-14-56(15-13-30)47-50-24-34(48)42(53-47)51-28-6-8-35-27(20-28)21-38(65-25-40(60)49-4)45(63)57(35)26(2)3/h6-9,20-21,24,26,29-31,37H,5,10-19,22-23,25H2,1-4H3,(H,49,60)(H,50,51,53)(H,52,59,61)/t29-,31-,37?. The van der Waals surface area contributed by atoms with Crippen molar-refractivity contribution in [3.8, 4) is 5.75 Å². The second kappa shape index (κ2) is 18.6. The van der Waals surface area contributed by atoms with Crippen LogP contribution in [0, 0.1) is 0 Å². The Morgan fingerprint density at radius 3 is 2.38 bits per heavy atom. The van der Waals surface area contributed by atoms with Crippen LogP contribution in [0.1, 0.15) is 91.6 Å². The van der Waals surface area contributed by atoms with Crippen LogP contribution in [0.2, 0.25) is 5.02 Å². The molecule has 4 aliphatic heterocycles. The van der Waals surface area contributed by atoms with Gasteiger partial charge in [-0.25, -0.2) is 4.98 Å². The zero-order valence-corrected chi connectivity index (χ0v) is 38.4. The van der Waals surface area contributed by atoms with Gasteiger partial charge >= 0.3 is 0 Å². The summed E-state index contributed by atoms with van der Waals surface area (Å²) in [5, 5.41) is 9.21. The van der Waals surface area contributed by atoms with Crippen molar-refractivity contribution < 1.29 is 33.4 Å². The largest absolute Gasteiger partial charge is 0.478 e. The van der Waals surface area contributed by atoms with E-state index in [0.717, 1.165) is 92.0 Å². The Kier molecular flexibility index (Phi) is 12.7. The van der Waals surface area contributed by atoms with Crippen molar-refractivity contribution in [2.75, 3.05) is 68.0 Å². The van der Waals surface area contributed by atoms with Crippen LogP contribution in [0.3, 0.4) is 0 Å². The molecule has 5 amide bonds. The van der Waals surface area contributed by atoms with E-state index in [1.807, 2.05) is 45.0 Å². The van der Waals surface area contributed by atoms with Crippen LogP contribution in [0.5, 0.6) is 5.75 Å². The zero-order chi connectivity index (χ0) is 46.4. The number of anilines is 4. The molecular formula is C47H55ClN10O8. The molecule has 0 radical (unpaired) electrons. The van der Waals surface area contributed by atoms with Gasteiger partial charge in [0.15, 0.2) is 18.2 Å². The number of carbonyl (C=O) groups excluding carboxylic acids is 5. The molecule has 4 aromatic rings. The second-order valence-corrected chi connectivity index (χ2v) is 18.3. The molecule has 1 unspecified atom stereocenters. The minimum absolute atomic E-state index is 0.0843. The summed E-state index contributed by atoms with van der Waals surface area (Å²) in [6.45, 7) is 10.4. The Labute approximate surface area is 386 Å². The van der Waals surface area contributed by atoms with E-state index in [1.54, 1.807) is 22.9 Å². The summed E-state index contributed by atoms with van der Waals surface area (Å²) in [7, 11) is 1.51. The van der Waals surface area contributed by atoms with Gasteiger partial charge in [-0.2, -0.15) is 4.98 Å². The Morgan fingerprint density at radius 1 is 0.924 bits per heavy atom. The van der Waals surface area contributed by atoms with Crippen molar-refractivity contribution in [2.45, 2.75) is 96.1 Å². The fourth-order valence-electron chi connectivity index (χ4n) is 9.97. The fraction of sp³-hybridized carbons (Fsp3) is 0.489. The summed E-state index contributed by atoms with van der Waals surface area (Å²) in [6, 6.07) is 10.2. The molecule has 2 aromatic carbocycles. The van der Waals surface area contributed by atoms with Gasteiger partial charge in [0.2, 0.25) is 17.8 Å². The minimum Gasteiger partial charge on any atom is -0.478 e. The number of imide groups is 2. The minimum atomic E-state index is -0.988. The second-order valence-electron chi connectivity index (χ2n) is 17.9. The number of piperazine rings is 1. The smallest absolute Gasteiger partial charge is 0.293 e. The van der Waals surface area contributed by atoms with Crippen LogP contribution < -0.4 is 36.0 Å². The highest BCUT2D eigenvalue weighted by Gasteiger charge is 2.46. The first kappa shape index (κ1) is 45.1. The first-order valence-corrected chi connectivity index (χ1v) is 23.3. The molecule has 2 aromatic heterocycles. The molecule has 66 heavy (non-hydrogen) atoms. The molecule has 6 heterocycles. The van der Waals surface area contributed by atoms with E-state index >= 15 is 0 Å². The first-order chi connectivity index (χ1) is 31.8. The number of nitrogens with one attached hydrogen (secondary N) is 3. The van der Waals surface area contributed by atoms with E-state index in [9.17, 15) is 28.8 Å². The highest BCUT2D eigenvalue weighted by Crippen LogP contribution is 2.38. The lowest BCUT2D eigenvalue weighted by molar-refractivity contribution is -0.136. The molecular weight excluding hydrogens is 868 g/mol. The van der Waals surface area contributed by atoms with Gasteiger partial charge in [0.05, 0.1) is 35.0 Å². The molecule has 18 nitrogen and oxygen atoms in total. The highest BCUT2D eigenvalue weighted by molar-refractivity contribution is 6.33. The van der Waals surface area contributed by atoms with E-state index < -0.39 is 29.7 Å². The molecule has 0 bridgehead atoms. The number of halogens is 1. The number of piperidine rings is 2. The van der Waals surface area contributed by atoms with Crippen molar-refractivity contribution in [3.63, 3.8) is 0 Å². The van der Waals surface area contributed by atoms with Crippen molar-refractivity contribution in [3.05, 3.63) is 74.7 Å². The molecule has 1 atom stereocenters. The lowest BCUT2D eigenvalue weighted by atomic mass is 9.87. The van der Waals surface area contributed by atoms with Gasteiger partial charge in [-0.1, -0.05) is 18.5 Å². The van der Waals surface area contributed by atoms with Crippen LogP contribution >= 0.6 is 11.6 Å². The lowest BCUT2D eigenvalue weighted by Gasteiger charge is -2.48. The third-order valence-corrected chi connectivity index (χ3v) is 13.8. The third-order valence-electron chi connectivity index (χ3n) is 13.5. The summed E-state index contributed by atoms with van der Waals surface area (Å²) >= 11 is 6.60. The third kappa shape index (κ3) is 8.68. The normalized spacial score (nSPS) is 21.6. The summed E-state index contributed by atoms with van der Waals surface area (Å²) in [5.41, 5.74) is 3.59. The monoisotopic (exact) mass is 922 g/mol. The molecule has 3 saturated heterocycles. The molecule has 1 saturated carbocycles. The Bertz CT molecular complexity index is 2650. The van der Waals surface area contributed by atoms with Gasteiger partial charge < -0.3 is 34.5 Å². The number of hydrogen-bond donors (Lipinski definition) is 3. The first-order valence-electron chi connectivity index (χ1n) is 22.9. The van der Waals surface area contributed by atoms with Crippen molar-refractivity contribution in [1.29, 1.82) is 0 Å². The molecule has 1 aliphatic carbocycles. The number of ether oxygens (including phenoxy) is 2. The van der Waals surface area contributed by atoms with Crippen LogP contribution in [-0.4, -0.2) is 131 Å². The van der Waals surface area contributed by atoms with Gasteiger partial charge in [0, 0.05) is 81.6 Å². The lowest BCUT2D eigenvalue weighted by Crippen LogP contribution is -2.56. The number of pyridine rings is 1. The number of carbonyl (C=O) groups is 5. The van der Waals surface area contributed by atoms with Gasteiger partial charge in [-0.3, -0.25) is 43.9 Å². The van der Waals surface area contributed by atoms with Crippen LogP contribution in [0.4, 0.5) is 23.1 Å². The number of likely N-dealkylation sites (N-methyl/N-ethyl adjacent to an activating group) is 1. The Morgan fingerprint density at radius 2 is 1.68 bits per heavy atom. The molecule has 348 valence electrons. The number of amides is 5. The van der Waals surface area contributed by atoms with Gasteiger partial charge in [-0.05, 0) is 94.3 Å². The maximum absolute atomic E-state index is 13.7. The van der Waals surface area contributed by atoms with Gasteiger partial charge in [-0.15, -0.1) is 0 Å². The Hall–Kier alpha value is -6.11. The zero-order valence-electron chi connectivity index (χ0n) is 37.6. The summed E-state index contributed by atoms with van der Waals surface area (Å²) in [4.78, 5) is 94.0. The van der Waals surface area contributed by atoms with Crippen LogP contribution in [0.25, 0.3) is 10.9 Å². The maximum atomic E-state index is 13.7. The van der Waals surface area contributed by atoms with Crippen molar-refractivity contribution in [2.24, 2.45) is 0 Å². The van der Waals surface area contributed by atoms with E-state index in [2.05, 4.69) is 35.6 Å². The summed E-state index contributed by atoms with van der Waals surface area (Å²) in [6.07, 6.45) is 6.39. The summed E-state index contributed by atoms with van der Waals surface area (Å²) < 4.78 is 13.9. The molecule has 5 aliphatic rings. The number of nitrogens with zero attached hydrogens (tertiary/aromatic N) is 7. The Balaban J connectivity index is 0.758. The van der Waals surface area contributed by atoms with Gasteiger partial charge in [0.1, 0.15) is 11.1 Å². The molecule has 3 N–H and O–H groups in total. The predicted molar refractivity (Wildman–Crippen MR) is 248 cm³/mol. The number of benzene rings is 2. The van der Waals surface area contributed by atoms with Gasteiger partial charge in [0.25, 0.3) is 23.3 Å². The van der Waals surface area contributed by atoms with E-state index in [1.165, 1.54) is 7.05 Å². The number of rotatable bonds is 13. The van der Waals surface area contributed by atoms with E-state index in [-0.39, 0.29) is 54.9 Å². The average Bonchev–Trinajstić information content (AvgIpc) is 3.55. The maximum Gasteiger partial charge on any atom is 0.293 e. The average molecular weight is 923 g/mol. The fourth-order valence-corrected chi connectivity index (χ4v) is 10.1. The molecule has 0 spiro atoms. The number of aromatic nitrogens is 3. The summed E-state index contributed by atoms with van der Waals surface area (Å²) in [5.74, 6) is -1.17. The quantitative estimate of drug-likeness (QED) is 0.161. The topological polar surface area (TPSA) is 201 Å². The van der Waals surface area contributed by atoms with Crippen molar-refractivity contribution >= 4 is 75.2 Å². The molecule has 9 rings (SSSR count). The predicted octanol–water partition coefficient (Wildman–Crippen LogP) is 4.20.